The number of halogens is 3. The van der Waals surface area contributed by atoms with E-state index in [1.165, 1.54) is 0 Å². The SMILES string of the molecule is CC(=O)CCCCCCCCC(=O)CCCCCCCCC(=O)CCOCC(COCCC(=O)NCCCCCCCC(=O)NCCCCCCCC(=O)O)(COCCC(=O)NCCCCCCCC(=O)NCCCCCCCC(=O)O)NC(=O)CCCCCCCNC(=O)OCC(Cl)(Cl)Cl. The van der Waals surface area contributed by atoms with Gasteiger partial charge in [0.1, 0.15) is 29.5 Å². The molecule has 0 aliphatic carbocycles. The summed E-state index contributed by atoms with van der Waals surface area (Å²) in [7, 11) is 0. The minimum Gasteiger partial charge on any atom is -0.481 e. The molecule has 0 atom stereocenters. The zero-order valence-electron chi connectivity index (χ0n) is 61.8. The van der Waals surface area contributed by atoms with Crippen molar-refractivity contribution in [3.8, 4) is 0 Å². The zero-order valence-corrected chi connectivity index (χ0v) is 64.1. The lowest BCUT2D eigenvalue weighted by Crippen LogP contribution is -2.58. The smallest absolute Gasteiger partial charge is 0.407 e. The molecular formula is C75H133Cl3N6O17. The zero-order chi connectivity index (χ0) is 74.6. The molecule has 0 aromatic rings. The van der Waals surface area contributed by atoms with Crippen LogP contribution in [0.1, 0.15) is 322 Å². The summed E-state index contributed by atoms with van der Waals surface area (Å²) in [6.07, 6.45) is 35.7. The molecule has 26 heteroatoms. The quantitative estimate of drug-likeness (QED) is 0.0207. The van der Waals surface area contributed by atoms with E-state index in [4.69, 9.17) is 64.0 Å². The van der Waals surface area contributed by atoms with E-state index >= 15 is 0 Å². The molecule has 0 aromatic heterocycles. The van der Waals surface area contributed by atoms with Gasteiger partial charge in [-0.05, 0) is 96.8 Å². The number of carboxylic acid groups (broad SMARTS) is 2. The van der Waals surface area contributed by atoms with E-state index in [1.807, 2.05) is 0 Å². The van der Waals surface area contributed by atoms with E-state index in [9.17, 15) is 52.7 Å². The summed E-state index contributed by atoms with van der Waals surface area (Å²) in [5, 5.41) is 35.1. The van der Waals surface area contributed by atoms with Crippen LogP contribution in [0.25, 0.3) is 0 Å². The van der Waals surface area contributed by atoms with E-state index in [2.05, 4.69) is 31.9 Å². The molecular weight excluding hydrogens is 1360 g/mol. The molecule has 0 radical (unpaired) electrons. The molecule has 0 aromatic carbocycles. The van der Waals surface area contributed by atoms with Gasteiger partial charge in [-0.1, -0.05) is 182 Å². The monoisotopic (exact) mass is 1490 g/mol. The fourth-order valence-corrected chi connectivity index (χ4v) is 11.4. The number of amides is 6. The van der Waals surface area contributed by atoms with Crippen molar-refractivity contribution in [2.45, 2.75) is 331 Å². The van der Waals surface area contributed by atoms with Crippen molar-refractivity contribution in [1.82, 2.24) is 31.9 Å². The minimum atomic E-state index is -1.71. The number of alkyl carbamates (subject to hydrolysis) is 1. The van der Waals surface area contributed by atoms with Crippen LogP contribution in [0.15, 0.2) is 0 Å². The molecule has 0 saturated heterocycles. The Morgan fingerprint density at radius 2 is 0.545 bits per heavy atom. The standard InChI is InChI=1S/C75H133Cl3N6O17/c1-63(85)39-25-11-2-3-12-26-40-64(86)41-27-13-4-5-14-28-42-65(87)48-56-98-59-74(84-70(92)45-31-17-8-24-38-55-83-73(97)101-62-75(76,77)78,60-99-57-49-68(90)81-53-36-20-6-15-29-43-66(88)79-51-34-22-9-18-32-46-71(93)94)61-100-58-50-69(91)82-54-37-21-7-16-30-44-67(89)80-52-35-23-10-19-33-47-72(95)96/h2-62H2,1H3,(H,79,88)(H,80,89)(H,81,90)(H,82,91)(H,83,97)(H,84,92)(H,93,94)(H,95,96). The molecule has 0 aliphatic rings. The van der Waals surface area contributed by atoms with Gasteiger partial charge in [-0.25, -0.2) is 4.79 Å². The van der Waals surface area contributed by atoms with Crippen LogP contribution in [0.3, 0.4) is 0 Å². The van der Waals surface area contributed by atoms with E-state index in [-0.39, 0.29) is 126 Å². The number of nitrogens with one attached hydrogen (secondary N) is 6. The average Bonchev–Trinajstić information content (AvgIpc) is 0.860. The number of hydrogen-bond acceptors (Lipinski definition) is 15. The van der Waals surface area contributed by atoms with E-state index in [0.29, 0.717) is 103 Å². The van der Waals surface area contributed by atoms with Gasteiger partial charge in [0.25, 0.3) is 0 Å². The van der Waals surface area contributed by atoms with E-state index < -0.39 is 27.4 Å². The number of rotatable bonds is 75. The van der Waals surface area contributed by atoms with Crippen molar-refractivity contribution in [3.05, 3.63) is 0 Å². The molecule has 0 heterocycles. The summed E-state index contributed by atoms with van der Waals surface area (Å²) in [5.41, 5.74) is -1.26. The first-order valence-electron chi connectivity index (χ1n) is 38.7. The van der Waals surface area contributed by atoms with Gasteiger partial charge >= 0.3 is 18.0 Å². The van der Waals surface area contributed by atoms with Crippen LogP contribution < -0.4 is 31.9 Å². The molecule has 101 heavy (non-hydrogen) atoms. The number of carbonyl (C=O) groups excluding carboxylic acids is 9. The second kappa shape index (κ2) is 68.4. The molecule has 6 amide bonds. The predicted octanol–water partition coefficient (Wildman–Crippen LogP) is 14.5. The maximum atomic E-state index is 13.9. The van der Waals surface area contributed by atoms with Crippen LogP contribution in [0.4, 0.5) is 4.79 Å². The Hall–Kier alpha value is -4.68. The molecule has 0 spiro atoms. The maximum absolute atomic E-state index is 13.9. The topological polar surface area (TPSA) is 337 Å². The Morgan fingerprint density at radius 3 is 0.871 bits per heavy atom. The number of unbranched alkanes of at least 4 members (excludes halogenated alkanes) is 30. The van der Waals surface area contributed by atoms with Gasteiger partial charge in [-0.3, -0.25) is 43.2 Å². The van der Waals surface area contributed by atoms with Gasteiger partial charge in [-0.15, -0.1) is 0 Å². The Morgan fingerprint density at radius 1 is 0.287 bits per heavy atom. The lowest BCUT2D eigenvalue weighted by atomic mass is 10.0. The number of Topliss-reactive ketones (excluding diaryl/α,β-unsaturated/α-hetero) is 3. The number of hydrogen-bond donors (Lipinski definition) is 8. The summed E-state index contributed by atoms with van der Waals surface area (Å²) in [6, 6.07) is 0. The first kappa shape index (κ1) is 96.3. The Bertz CT molecular complexity index is 2020. The van der Waals surface area contributed by atoms with Gasteiger partial charge in [0.15, 0.2) is 0 Å². The van der Waals surface area contributed by atoms with Crippen LogP contribution >= 0.6 is 34.8 Å². The molecule has 0 unspecified atom stereocenters. The Kier molecular flexibility index (Phi) is 65.3. The lowest BCUT2D eigenvalue weighted by Gasteiger charge is -2.34. The lowest BCUT2D eigenvalue weighted by molar-refractivity contribution is -0.138. The van der Waals surface area contributed by atoms with Crippen LogP contribution in [0.2, 0.25) is 0 Å². The Balaban J connectivity index is 5.49. The Labute approximate surface area is 620 Å². The molecule has 0 aliphatic heterocycles. The average molecular weight is 1500 g/mol. The third-order valence-electron chi connectivity index (χ3n) is 17.2. The summed E-state index contributed by atoms with van der Waals surface area (Å²) in [6.45, 7) is 3.67. The van der Waals surface area contributed by atoms with Crippen molar-refractivity contribution in [2.24, 2.45) is 0 Å². The van der Waals surface area contributed by atoms with Crippen LogP contribution in [0.5, 0.6) is 0 Å². The van der Waals surface area contributed by atoms with Crippen LogP contribution in [-0.2, 0) is 66.9 Å². The molecule has 23 nitrogen and oxygen atoms in total. The van der Waals surface area contributed by atoms with Crippen LogP contribution in [0, 0.1) is 0 Å². The maximum Gasteiger partial charge on any atom is 0.407 e. The van der Waals surface area contributed by atoms with Crippen LogP contribution in [-0.4, -0.2) is 163 Å². The predicted molar refractivity (Wildman–Crippen MR) is 397 cm³/mol. The highest BCUT2D eigenvalue weighted by Crippen LogP contribution is 2.26. The molecule has 0 fully saturated rings. The van der Waals surface area contributed by atoms with Crippen molar-refractivity contribution in [2.75, 3.05) is 79.0 Å². The van der Waals surface area contributed by atoms with Crippen molar-refractivity contribution in [1.29, 1.82) is 0 Å². The van der Waals surface area contributed by atoms with Gasteiger partial charge in [0.05, 0.1) is 39.6 Å². The summed E-state index contributed by atoms with van der Waals surface area (Å²) < 4.78 is 21.7. The number of carboxylic acids is 2. The van der Waals surface area contributed by atoms with E-state index in [0.717, 1.165) is 212 Å². The third kappa shape index (κ3) is 72.1. The van der Waals surface area contributed by atoms with Gasteiger partial charge < -0.3 is 65.9 Å². The highest BCUT2D eigenvalue weighted by molar-refractivity contribution is 6.67. The van der Waals surface area contributed by atoms with Crippen molar-refractivity contribution < 1.29 is 81.9 Å². The highest BCUT2D eigenvalue weighted by Gasteiger charge is 2.34. The fourth-order valence-electron chi connectivity index (χ4n) is 11.3. The second-order valence-electron chi connectivity index (χ2n) is 27.2. The molecule has 0 saturated carbocycles. The first-order chi connectivity index (χ1) is 48.6. The van der Waals surface area contributed by atoms with E-state index in [1.54, 1.807) is 6.92 Å². The fraction of sp³-hybridized carbons (Fsp3) is 0.853. The van der Waals surface area contributed by atoms with Gasteiger partial charge in [-0.2, -0.15) is 0 Å². The minimum absolute atomic E-state index is 0.0269. The molecule has 0 bridgehead atoms. The summed E-state index contributed by atoms with van der Waals surface area (Å²) >= 11 is 17.0. The summed E-state index contributed by atoms with van der Waals surface area (Å²) in [5.74, 6) is -1.54. The molecule has 0 rings (SSSR count). The van der Waals surface area contributed by atoms with Gasteiger partial charge in [0.2, 0.25) is 33.3 Å². The normalized spacial score (nSPS) is 11.4. The largest absolute Gasteiger partial charge is 0.481 e. The summed E-state index contributed by atoms with van der Waals surface area (Å²) in [4.78, 5) is 134. The third-order valence-corrected chi connectivity index (χ3v) is 17.5. The number of ketones is 3. The van der Waals surface area contributed by atoms with Crippen molar-refractivity contribution >= 4 is 99.7 Å². The number of carbonyl (C=O) groups is 11. The number of aliphatic carboxylic acids is 2. The first-order valence-corrected chi connectivity index (χ1v) is 39.8. The highest BCUT2D eigenvalue weighted by atomic mass is 35.6. The molecule has 586 valence electrons. The number of alkyl halides is 3. The van der Waals surface area contributed by atoms with Gasteiger partial charge in [0, 0.05) is 110 Å². The molecule has 8 N–H and O–H groups in total. The number of ether oxygens (including phenoxy) is 4. The second-order valence-corrected chi connectivity index (χ2v) is 29.7. The van der Waals surface area contributed by atoms with Crippen molar-refractivity contribution in [3.63, 3.8) is 0 Å².